The maximum absolute atomic E-state index is 12.2. The van der Waals surface area contributed by atoms with Crippen LogP contribution in [0.15, 0.2) is 48.5 Å². The molecule has 118 valence electrons. The van der Waals surface area contributed by atoms with Crippen LogP contribution in [0, 0.1) is 11.3 Å². The van der Waals surface area contributed by atoms with Gasteiger partial charge in [0.2, 0.25) is 5.91 Å². The molecule has 1 atom stereocenters. The molecule has 2 N–H and O–H groups in total. The topological polar surface area (TPSA) is 64.9 Å². The van der Waals surface area contributed by atoms with Gasteiger partial charge in [-0.25, -0.2) is 0 Å². The molecule has 0 bridgehead atoms. The van der Waals surface area contributed by atoms with E-state index in [1.807, 2.05) is 12.1 Å². The van der Waals surface area contributed by atoms with Gasteiger partial charge in [0, 0.05) is 11.4 Å². The van der Waals surface area contributed by atoms with Crippen molar-refractivity contribution in [1.29, 1.82) is 5.26 Å². The summed E-state index contributed by atoms with van der Waals surface area (Å²) in [6.07, 6.45) is 0. The average molecular weight is 307 g/mol. The van der Waals surface area contributed by atoms with E-state index >= 15 is 0 Å². The Morgan fingerprint density at radius 3 is 2.35 bits per heavy atom. The Labute approximate surface area is 137 Å². The molecule has 1 amide bonds. The van der Waals surface area contributed by atoms with Crippen LogP contribution in [0.25, 0.3) is 0 Å². The number of amides is 1. The molecule has 23 heavy (non-hydrogen) atoms. The monoisotopic (exact) mass is 307 g/mol. The van der Waals surface area contributed by atoms with Crippen molar-refractivity contribution in [3.05, 3.63) is 59.7 Å². The minimum atomic E-state index is -0.384. The number of carbonyl (C=O) groups excluding carboxylic acids is 1. The first kappa shape index (κ1) is 16.6. The van der Waals surface area contributed by atoms with Crippen molar-refractivity contribution in [2.45, 2.75) is 32.7 Å². The first-order valence-corrected chi connectivity index (χ1v) is 7.67. The molecule has 0 aliphatic carbocycles. The molecule has 0 saturated carbocycles. The van der Waals surface area contributed by atoms with Gasteiger partial charge in [0.1, 0.15) is 6.04 Å². The van der Waals surface area contributed by atoms with E-state index in [1.54, 1.807) is 31.2 Å². The number of anilines is 2. The van der Waals surface area contributed by atoms with Crippen molar-refractivity contribution >= 4 is 17.3 Å². The molecular formula is C19H21N3O. The summed E-state index contributed by atoms with van der Waals surface area (Å²) in [6.45, 7) is 6.10. The maximum atomic E-state index is 12.2. The van der Waals surface area contributed by atoms with Crippen LogP contribution in [-0.4, -0.2) is 11.9 Å². The van der Waals surface area contributed by atoms with E-state index in [4.69, 9.17) is 5.26 Å². The summed E-state index contributed by atoms with van der Waals surface area (Å²) < 4.78 is 0. The molecule has 2 aromatic rings. The Hall–Kier alpha value is -2.80. The second kappa shape index (κ2) is 7.46. The van der Waals surface area contributed by atoms with Gasteiger partial charge in [0.15, 0.2) is 0 Å². The Morgan fingerprint density at radius 2 is 1.74 bits per heavy atom. The summed E-state index contributed by atoms with van der Waals surface area (Å²) >= 11 is 0. The standard InChI is InChI=1S/C19H21N3O/c1-13(2)16-7-9-17(10-8-16)21-14(3)19(23)22-18-6-4-5-15(11-18)12-20/h4-11,13-14,21H,1-3H3,(H,22,23)/t14-/m1/s1. The number of rotatable bonds is 5. The number of hydrogen-bond donors (Lipinski definition) is 2. The average Bonchev–Trinajstić information content (AvgIpc) is 2.55. The molecule has 2 rings (SSSR count). The smallest absolute Gasteiger partial charge is 0.246 e. The fourth-order valence-electron chi connectivity index (χ4n) is 2.20. The quantitative estimate of drug-likeness (QED) is 0.873. The molecule has 0 radical (unpaired) electrons. The van der Waals surface area contributed by atoms with Gasteiger partial charge in [-0.1, -0.05) is 32.0 Å². The van der Waals surface area contributed by atoms with Gasteiger partial charge in [-0.15, -0.1) is 0 Å². The highest BCUT2D eigenvalue weighted by molar-refractivity contribution is 5.96. The first-order valence-electron chi connectivity index (χ1n) is 7.67. The van der Waals surface area contributed by atoms with Gasteiger partial charge in [0.25, 0.3) is 0 Å². The molecule has 0 unspecified atom stereocenters. The number of nitriles is 1. The SMILES string of the molecule is CC(C)c1ccc(N[C@H](C)C(=O)Nc2cccc(C#N)c2)cc1. The lowest BCUT2D eigenvalue weighted by molar-refractivity contribution is -0.116. The zero-order valence-corrected chi connectivity index (χ0v) is 13.6. The second-order valence-electron chi connectivity index (χ2n) is 5.82. The largest absolute Gasteiger partial charge is 0.374 e. The molecule has 0 spiro atoms. The lowest BCUT2D eigenvalue weighted by Crippen LogP contribution is -2.31. The van der Waals surface area contributed by atoms with E-state index in [0.29, 0.717) is 17.2 Å². The third-order valence-corrected chi connectivity index (χ3v) is 3.61. The van der Waals surface area contributed by atoms with Crippen LogP contribution < -0.4 is 10.6 Å². The highest BCUT2D eigenvalue weighted by Crippen LogP contribution is 2.18. The molecule has 4 nitrogen and oxygen atoms in total. The Balaban J connectivity index is 1.98. The Kier molecular flexibility index (Phi) is 5.37. The van der Waals surface area contributed by atoms with Gasteiger partial charge >= 0.3 is 0 Å². The van der Waals surface area contributed by atoms with Crippen LogP contribution in [0.2, 0.25) is 0 Å². The van der Waals surface area contributed by atoms with Crippen LogP contribution in [0.4, 0.5) is 11.4 Å². The lowest BCUT2D eigenvalue weighted by atomic mass is 10.0. The summed E-state index contributed by atoms with van der Waals surface area (Å²) in [5, 5.41) is 14.9. The van der Waals surface area contributed by atoms with E-state index in [1.165, 1.54) is 5.56 Å². The zero-order chi connectivity index (χ0) is 16.8. The predicted octanol–water partition coefficient (Wildman–Crippen LogP) is 4.12. The number of nitrogens with one attached hydrogen (secondary N) is 2. The number of hydrogen-bond acceptors (Lipinski definition) is 3. The molecule has 4 heteroatoms. The highest BCUT2D eigenvalue weighted by atomic mass is 16.2. The van der Waals surface area contributed by atoms with E-state index in [2.05, 4.69) is 42.7 Å². The lowest BCUT2D eigenvalue weighted by Gasteiger charge is -2.16. The van der Waals surface area contributed by atoms with Crippen molar-refractivity contribution in [3.63, 3.8) is 0 Å². The van der Waals surface area contributed by atoms with Crippen LogP contribution in [-0.2, 0) is 4.79 Å². The van der Waals surface area contributed by atoms with E-state index in [-0.39, 0.29) is 11.9 Å². The summed E-state index contributed by atoms with van der Waals surface area (Å²) in [7, 11) is 0. The molecule has 2 aromatic carbocycles. The van der Waals surface area contributed by atoms with E-state index < -0.39 is 0 Å². The zero-order valence-electron chi connectivity index (χ0n) is 13.6. The summed E-state index contributed by atoms with van der Waals surface area (Å²) in [6, 6.07) is 16.6. The molecule has 0 saturated heterocycles. The van der Waals surface area contributed by atoms with E-state index in [9.17, 15) is 4.79 Å². The van der Waals surface area contributed by atoms with Crippen molar-refractivity contribution in [1.82, 2.24) is 0 Å². The summed E-state index contributed by atoms with van der Waals surface area (Å²) in [5.74, 6) is 0.338. The Bertz CT molecular complexity index is 714. The van der Waals surface area contributed by atoms with Gasteiger partial charge < -0.3 is 10.6 Å². The van der Waals surface area contributed by atoms with Crippen LogP contribution in [0.3, 0.4) is 0 Å². The number of nitrogens with zero attached hydrogens (tertiary/aromatic N) is 1. The van der Waals surface area contributed by atoms with Gasteiger partial charge in [-0.3, -0.25) is 4.79 Å². The third-order valence-electron chi connectivity index (χ3n) is 3.61. The minimum absolute atomic E-state index is 0.145. The predicted molar refractivity (Wildman–Crippen MR) is 93.4 cm³/mol. The fraction of sp³-hybridized carbons (Fsp3) is 0.263. The molecule has 0 aliphatic heterocycles. The van der Waals surface area contributed by atoms with Crippen molar-refractivity contribution in [3.8, 4) is 6.07 Å². The normalized spacial score (nSPS) is 11.6. The van der Waals surface area contributed by atoms with Crippen molar-refractivity contribution in [2.24, 2.45) is 0 Å². The molecule has 0 fully saturated rings. The number of benzene rings is 2. The molecule has 0 aliphatic rings. The number of carbonyl (C=O) groups is 1. The highest BCUT2D eigenvalue weighted by Gasteiger charge is 2.13. The van der Waals surface area contributed by atoms with Crippen LogP contribution in [0.5, 0.6) is 0 Å². The summed E-state index contributed by atoms with van der Waals surface area (Å²) in [4.78, 5) is 12.2. The van der Waals surface area contributed by atoms with Crippen molar-refractivity contribution < 1.29 is 4.79 Å². The Morgan fingerprint density at radius 1 is 1.04 bits per heavy atom. The minimum Gasteiger partial charge on any atom is -0.374 e. The van der Waals surface area contributed by atoms with Crippen LogP contribution >= 0.6 is 0 Å². The van der Waals surface area contributed by atoms with E-state index in [0.717, 1.165) is 5.69 Å². The second-order valence-corrected chi connectivity index (χ2v) is 5.82. The van der Waals surface area contributed by atoms with Crippen molar-refractivity contribution in [2.75, 3.05) is 10.6 Å². The molecule has 0 aromatic heterocycles. The first-order chi connectivity index (χ1) is 11.0. The maximum Gasteiger partial charge on any atom is 0.246 e. The van der Waals surface area contributed by atoms with Gasteiger partial charge in [-0.2, -0.15) is 5.26 Å². The molecule has 0 heterocycles. The molecular weight excluding hydrogens is 286 g/mol. The third kappa shape index (κ3) is 4.58. The van der Waals surface area contributed by atoms with Gasteiger partial charge in [-0.05, 0) is 48.7 Å². The fourth-order valence-corrected chi connectivity index (χ4v) is 2.20. The van der Waals surface area contributed by atoms with Crippen LogP contribution in [0.1, 0.15) is 37.8 Å². The van der Waals surface area contributed by atoms with Gasteiger partial charge in [0.05, 0.1) is 11.6 Å². The summed E-state index contributed by atoms with van der Waals surface area (Å²) in [5.41, 5.74) is 3.31.